The summed E-state index contributed by atoms with van der Waals surface area (Å²) in [5.74, 6) is -0.0651. The fourth-order valence-corrected chi connectivity index (χ4v) is 9.01. The maximum atomic E-state index is 12.5. The van der Waals surface area contributed by atoms with E-state index in [9.17, 15) is 19.8 Å². The standard InChI is InChI=1S/C59H113NO5/c1-3-5-7-9-11-13-15-17-19-20-21-22-23-24-25-27-31-35-39-43-47-51-57(62)56(55-61)60-58(63)52-48-44-40-36-32-28-26-30-34-38-42-46-50-54-65-59(64)53-49-45-41-37-33-29-18-16-14-12-10-8-6-4-2/h10,12,16,18,56-57,61-62H,3-9,11,13-15,17,19-55H2,1-2H3,(H,60,63)/b12-10-,18-16-. The number of carbonyl (C=O) groups excluding carboxylic acids is 2. The third-order valence-corrected chi connectivity index (χ3v) is 13.5. The predicted octanol–water partition coefficient (Wildman–Crippen LogP) is 17.9. The average molecular weight is 917 g/mol. The number of rotatable bonds is 54. The van der Waals surface area contributed by atoms with Crippen LogP contribution >= 0.6 is 0 Å². The van der Waals surface area contributed by atoms with Crippen LogP contribution < -0.4 is 5.32 Å². The summed E-state index contributed by atoms with van der Waals surface area (Å²) in [6, 6.07) is -0.552. The van der Waals surface area contributed by atoms with Gasteiger partial charge in [0.25, 0.3) is 0 Å². The van der Waals surface area contributed by atoms with E-state index in [2.05, 4.69) is 43.5 Å². The number of amides is 1. The lowest BCUT2D eigenvalue weighted by Gasteiger charge is -2.22. The van der Waals surface area contributed by atoms with Crippen LogP contribution in [-0.2, 0) is 14.3 Å². The molecular weight excluding hydrogens is 803 g/mol. The molecule has 0 aromatic heterocycles. The van der Waals surface area contributed by atoms with E-state index in [1.807, 2.05) is 0 Å². The number of carbonyl (C=O) groups is 2. The second kappa shape index (κ2) is 54.9. The summed E-state index contributed by atoms with van der Waals surface area (Å²) in [5.41, 5.74) is 0. The van der Waals surface area contributed by atoms with E-state index in [1.165, 1.54) is 225 Å². The summed E-state index contributed by atoms with van der Waals surface area (Å²) in [7, 11) is 0. The van der Waals surface area contributed by atoms with Gasteiger partial charge >= 0.3 is 5.97 Å². The summed E-state index contributed by atoms with van der Waals surface area (Å²) < 4.78 is 5.46. The van der Waals surface area contributed by atoms with Crippen molar-refractivity contribution in [3.63, 3.8) is 0 Å². The van der Waals surface area contributed by atoms with E-state index in [-0.39, 0.29) is 18.5 Å². The van der Waals surface area contributed by atoms with E-state index in [0.29, 0.717) is 25.9 Å². The van der Waals surface area contributed by atoms with Gasteiger partial charge in [-0.1, -0.05) is 276 Å². The monoisotopic (exact) mass is 916 g/mol. The molecule has 2 atom stereocenters. The molecule has 0 radical (unpaired) electrons. The van der Waals surface area contributed by atoms with Crippen molar-refractivity contribution in [2.75, 3.05) is 13.2 Å². The van der Waals surface area contributed by atoms with Crippen molar-refractivity contribution < 1.29 is 24.5 Å². The molecule has 0 aliphatic carbocycles. The predicted molar refractivity (Wildman–Crippen MR) is 283 cm³/mol. The number of hydrogen-bond donors (Lipinski definition) is 3. The number of esters is 1. The zero-order valence-corrected chi connectivity index (χ0v) is 43.7. The molecule has 3 N–H and O–H groups in total. The molecule has 0 aliphatic rings. The fourth-order valence-electron chi connectivity index (χ4n) is 9.01. The van der Waals surface area contributed by atoms with Gasteiger partial charge in [0.15, 0.2) is 0 Å². The van der Waals surface area contributed by atoms with Crippen LogP contribution in [-0.4, -0.2) is 47.4 Å². The molecule has 0 bridgehead atoms. The Kier molecular flexibility index (Phi) is 53.5. The van der Waals surface area contributed by atoms with Crippen LogP contribution in [0.5, 0.6) is 0 Å². The minimum atomic E-state index is -0.674. The summed E-state index contributed by atoms with van der Waals surface area (Å²) in [6.07, 6.45) is 65.9. The van der Waals surface area contributed by atoms with Crippen molar-refractivity contribution in [2.45, 2.75) is 328 Å². The van der Waals surface area contributed by atoms with Crippen molar-refractivity contribution in [3.05, 3.63) is 24.3 Å². The van der Waals surface area contributed by atoms with Crippen molar-refractivity contribution in [3.8, 4) is 0 Å². The lowest BCUT2D eigenvalue weighted by molar-refractivity contribution is -0.143. The summed E-state index contributed by atoms with van der Waals surface area (Å²) >= 11 is 0. The van der Waals surface area contributed by atoms with E-state index in [4.69, 9.17) is 4.74 Å². The molecule has 0 rings (SSSR count). The van der Waals surface area contributed by atoms with Crippen molar-refractivity contribution in [2.24, 2.45) is 0 Å². The molecule has 0 heterocycles. The number of ether oxygens (including phenoxy) is 1. The third-order valence-electron chi connectivity index (χ3n) is 13.5. The van der Waals surface area contributed by atoms with Gasteiger partial charge in [0.05, 0.1) is 25.4 Å². The van der Waals surface area contributed by atoms with Crippen LogP contribution in [0.2, 0.25) is 0 Å². The molecule has 0 fully saturated rings. The molecule has 0 aliphatic heterocycles. The molecule has 0 saturated heterocycles. The Hall–Kier alpha value is -1.66. The first-order valence-electron chi connectivity index (χ1n) is 29.1. The van der Waals surface area contributed by atoms with E-state index in [0.717, 1.165) is 57.8 Å². The quantitative estimate of drug-likeness (QED) is 0.0321. The number of nitrogens with one attached hydrogen (secondary N) is 1. The van der Waals surface area contributed by atoms with Crippen LogP contribution in [0.4, 0.5) is 0 Å². The molecule has 0 spiro atoms. The minimum absolute atomic E-state index is 0.0193. The highest BCUT2D eigenvalue weighted by atomic mass is 16.5. The zero-order valence-electron chi connectivity index (χ0n) is 43.7. The van der Waals surface area contributed by atoms with Crippen molar-refractivity contribution in [1.82, 2.24) is 5.32 Å². The molecule has 6 nitrogen and oxygen atoms in total. The van der Waals surface area contributed by atoms with Gasteiger partial charge in [-0.3, -0.25) is 9.59 Å². The molecule has 0 saturated carbocycles. The maximum Gasteiger partial charge on any atom is 0.305 e. The molecule has 0 aromatic rings. The van der Waals surface area contributed by atoms with E-state index in [1.54, 1.807) is 0 Å². The summed E-state index contributed by atoms with van der Waals surface area (Å²) in [6.45, 7) is 4.90. The van der Waals surface area contributed by atoms with Gasteiger partial charge in [0.2, 0.25) is 5.91 Å². The Bertz CT molecular complexity index is 1010. The Morgan fingerprint density at radius 2 is 0.785 bits per heavy atom. The van der Waals surface area contributed by atoms with Gasteiger partial charge in [0.1, 0.15) is 0 Å². The smallest absolute Gasteiger partial charge is 0.305 e. The Morgan fingerprint density at radius 1 is 0.431 bits per heavy atom. The molecule has 65 heavy (non-hydrogen) atoms. The first-order valence-corrected chi connectivity index (χ1v) is 29.1. The van der Waals surface area contributed by atoms with Gasteiger partial charge in [-0.25, -0.2) is 0 Å². The third kappa shape index (κ3) is 51.6. The Balaban J connectivity index is 3.45. The first-order chi connectivity index (χ1) is 32.0. The number of hydrogen-bond acceptors (Lipinski definition) is 5. The van der Waals surface area contributed by atoms with Crippen molar-refractivity contribution in [1.29, 1.82) is 0 Å². The van der Waals surface area contributed by atoms with Crippen LogP contribution in [0, 0.1) is 0 Å². The van der Waals surface area contributed by atoms with Crippen molar-refractivity contribution >= 4 is 11.9 Å². The van der Waals surface area contributed by atoms with Crippen LogP contribution in [0.1, 0.15) is 316 Å². The van der Waals surface area contributed by atoms with Gasteiger partial charge in [-0.05, 0) is 51.4 Å². The van der Waals surface area contributed by atoms with E-state index < -0.39 is 12.1 Å². The van der Waals surface area contributed by atoms with Gasteiger partial charge in [-0.15, -0.1) is 0 Å². The lowest BCUT2D eigenvalue weighted by atomic mass is 10.0. The largest absolute Gasteiger partial charge is 0.466 e. The molecule has 6 heteroatoms. The average Bonchev–Trinajstić information content (AvgIpc) is 3.31. The molecule has 1 amide bonds. The normalized spacial score (nSPS) is 12.7. The second-order valence-electron chi connectivity index (χ2n) is 20.0. The highest BCUT2D eigenvalue weighted by Gasteiger charge is 2.20. The SMILES string of the molecule is CCCC/C=C\C/C=C\CCCCCCCC(=O)OCCCCCCCCCCCCCCCC(=O)NC(CO)C(O)CCCCCCCCCCCCCCCCCCCCCCC. The zero-order chi connectivity index (χ0) is 47.2. The minimum Gasteiger partial charge on any atom is -0.466 e. The fraction of sp³-hybridized carbons (Fsp3) is 0.898. The topological polar surface area (TPSA) is 95.9 Å². The maximum absolute atomic E-state index is 12.5. The van der Waals surface area contributed by atoms with Gasteiger partial charge < -0.3 is 20.3 Å². The van der Waals surface area contributed by atoms with Crippen LogP contribution in [0.15, 0.2) is 24.3 Å². The summed E-state index contributed by atoms with van der Waals surface area (Å²) in [4.78, 5) is 24.5. The van der Waals surface area contributed by atoms with Gasteiger partial charge in [0, 0.05) is 12.8 Å². The Morgan fingerprint density at radius 3 is 1.22 bits per heavy atom. The second-order valence-corrected chi connectivity index (χ2v) is 20.0. The molecule has 384 valence electrons. The van der Waals surface area contributed by atoms with Crippen LogP contribution in [0.25, 0.3) is 0 Å². The molecular formula is C59H113NO5. The molecule has 2 unspecified atom stereocenters. The highest BCUT2D eigenvalue weighted by Crippen LogP contribution is 2.17. The Labute approximate surface area is 405 Å². The van der Waals surface area contributed by atoms with Crippen LogP contribution in [0.3, 0.4) is 0 Å². The number of unbranched alkanes of at least 4 members (excludes halogenated alkanes) is 39. The van der Waals surface area contributed by atoms with E-state index >= 15 is 0 Å². The summed E-state index contributed by atoms with van der Waals surface area (Å²) in [5, 5.41) is 23.3. The van der Waals surface area contributed by atoms with Gasteiger partial charge in [-0.2, -0.15) is 0 Å². The number of aliphatic hydroxyl groups excluding tert-OH is 2. The lowest BCUT2D eigenvalue weighted by Crippen LogP contribution is -2.45. The number of aliphatic hydroxyl groups is 2. The number of allylic oxidation sites excluding steroid dienone is 4. The molecule has 0 aromatic carbocycles. The first kappa shape index (κ1) is 63.3. The highest BCUT2D eigenvalue weighted by molar-refractivity contribution is 5.76.